The molecule has 5 nitrogen and oxygen atoms in total. The maximum absolute atomic E-state index is 13.3. The molecule has 1 amide bonds. The maximum atomic E-state index is 13.3. The fourth-order valence-corrected chi connectivity index (χ4v) is 3.03. The lowest BCUT2D eigenvalue weighted by Gasteiger charge is -2.26. The number of aliphatic hydroxyl groups excluding tert-OH is 1. The van der Waals surface area contributed by atoms with Crippen LogP contribution >= 0.6 is 11.8 Å². The summed E-state index contributed by atoms with van der Waals surface area (Å²) < 4.78 is 13.3. The number of nitrogens with one attached hydrogen (secondary N) is 1. The summed E-state index contributed by atoms with van der Waals surface area (Å²) in [6.07, 6.45) is 4.04. The fourth-order valence-electron chi connectivity index (χ4n) is 2.55. The quantitative estimate of drug-likeness (QED) is 0.412. The lowest BCUT2D eigenvalue weighted by atomic mass is 10.0. The Hall–Kier alpha value is -2.51. The van der Waals surface area contributed by atoms with E-state index in [-0.39, 0.29) is 24.1 Å². The molecule has 0 aliphatic heterocycles. The normalized spacial score (nSPS) is 13.6. The van der Waals surface area contributed by atoms with Crippen molar-refractivity contribution in [1.29, 1.82) is 0 Å². The molecule has 2 rings (SSSR count). The molecule has 1 heterocycles. The molecular formula is C24H32FN3O2S. The third-order valence-corrected chi connectivity index (χ3v) is 5.31. The Morgan fingerprint density at radius 2 is 1.81 bits per heavy atom. The monoisotopic (exact) mass is 445 g/mol. The number of carbonyl (C=O) groups excluding carboxylic acids is 1. The van der Waals surface area contributed by atoms with Crippen LogP contribution in [0.25, 0.3) is 11.3 Å². The number of amides is 1. The Labute approximate surface area is 188 Å². The summed E-state index contributed by atoms with van der Waals surface area (Å²) >= 11 is 1.26. The van der Waals surface area contributed by atoms with Crippen LogP contribution < -0.4 is 5.32 Å². The van der Waals surface area contributed by atoms with E-state index in [1.807, 2.05) is 39.8 Å². The van der Waals surface area contributed by atoms with Gasteiger partial charge in [0, 0.05) is 18.0 Å². The third kappa shape index (κ3) is 8.63. The van der Waals surface area contributed by atoms with Crippen molar-refractivity contribution in [2.75, 3.05) is 12.4 Å². The SMILES string of the molecule is CC.CCC(C)(CO)NC(=O)CSC=N/C(=C(\C)c1ccncc1)c1ccc(F)cc1. The molecule has 0 aliphatic carbocycles. The summed E-state index contributed by atoms with van der Waals surface area (Å²) in [6.45, 7) is 9.54. The van der Waals surface area contributed by atoms with Crippen molar-refractivity contribution in [2.45, 2.75) is 46.6 Å². The van der Waals surface area contributed by atoms with Crippen LogP contribution in [0.2, 0.25) is 0 Å². The van der Waals surface area contributed by atoms with Gasteiger partial charge in [0.2, 0.25) is 5.91 Å². The van der Waals surface area contributed by atoms with E-state index in [9.17, 15) is 14.3 Å². The molecule has 1 aromatic carbocycles. The molecule has 168 valence electrons. The number of pyridine rings is 1. The Balaban J connectivity index is 0.00000233. The van der Waals surface area contributed by atoms with E-state index in [2.05, 4.69) is 15.3 Å². The topological polar surface area (TPSA) is 74.6 Å². The zero-order valence-corrected chi connectivity index (χ0v) is 19.7. The molecular weight excluding hydrogens is 413 g/mol. The van der Waals surface area contributed by atoms with Gasteiger partial charge in [-0.2, -0.15) is 0 Å². The summed E-state index contributed by atoms with van der Waals surface area (Å²) in [5, 5.41) is 12.2. The molecule has 31 heavy (non-hydrogen) atoms. The standard InChI is InChI=1S/C22H26FN3O2S.C2H6/c1-4-22(3,14-27)26-20(28)13-29-15-25-21(18-5-7-19(23)8-6-18)16(2)17-9-11-24-12-10-17;1-2/h5-12,15,27H,4,13-14H2,1-3H3,(H,26,28);1-2H3/b21-16+,25-15?;. The minimum absolute atomic E-state index is 0.115. The minimum Gasteiger partial charge on any atom is -0.394 e. The molecule has 0 fully saturated rings. The van der Waals surface area contributed by atoms with Gasteiger partial charge in [0.25, 0.3) is 0 Å². The van der Waals surface area contributed by atoms with Gasteiger partial charge in [0.05, 0.1) is 29.1 Å². The number of nitrogens with zero attached hydrogens (tertiary/aromatic N) is 2. The van der Waals surface area contributed by atoms with Crippen LogP contribution in [0.4, 0.5) is 4.39 Å². The largest absolute Gasteiger partial charge is 0.394 e. The van der Waals surface area contributed by atoms with Gasteiger partial charge in [-0.1, -0.05) is 20.8 Å². The van der Waals surface area contributed by atoms with Crippen molar-refractivity contribution in [3.63, 3.8) is 0 Å². The highest BCUT2D eigenvalue weighted by molar-refractivity contribution is 8.12. The van der Waals surface area contributed by atoms with Crippen LogP contribution in [0.5, 0.6) is 0 Å². The Kier molecular flexibility index (Phi) is 11.7. The number of carbonyl (C=O) groups is 1. The lowest BCUT2D eigenvalue weighted by Crippen LogP contribution is -2.49. The molecule has 0 aliphatic rings. The van der Waals surface area contributed by atoms with Crippen LogP contribution in [0.1, 0.15) is 52.2 Å². The van der Waals surface area contributed by atoms with E-state index < -0.39 is 5.54 Å². The van der Waals surface area contributed by atoms with Gasteiger partial charge in [0.15, 0.2) is 0 Å². The number of aliphatic hydroxyl groups is 1. The molecule has 2 N–H and O–H groups in total. The van der Waals surface area contributed by atoms with Crippen LogP contribution in [0.3, 0.4) is 0 Å². The van der Waals surface area contributed by atoms with E-state index in [1.165, 1.54) is 23.9 Å². The number of rotatable bonds is 9. The van der Waals surface area contributed by atoms with E-state index in [1.54, 1.807) is 37.0 Å². The lowest BCUT2D eigenvalue weighted by molar-refractivity contribution is -0.120. The first kappa shape index (κ1) is 26.5. The highest BCUT2D eigenvalue weighted by atomic mass is 32.2. The molecule has 0 saturated carbocycles. The highest BCUT2D eigenvalue weighted by Gasteiger charge is 2.22. The van der Waals surface area contributed by atoms with Crippen molar-refractivity contribution >= 4 is 34.5 Å². The van der Waals surface area contributed by atoms with Gasteiger partial charge in [-0.15, -0.1) is 11.8 Å². The number of aromatic nitrogens is 1. The van der Waals surface area contributed by atoms with Crippen molar-refractivity contribution < 1.29 is 14.3 Å². The van der Waals surface area contributed by atoms with Gasteiger partial charge in [-0.25, -0.2) is 9.38 Å². The molecule has 7 heteroatoms. The van der Waals surface area contributed by atoms with Gasteiger partial charge >= 0.3 is 0 Å². The van der Waals surface area contributed by atoms with E-state index in [4.69, 9.17) is 0 Å². The third-order valence-electron chi connectivity index (χ3n) is 4.63. The Bertz CT molecular complexity index is 864. The van der Waals surface area contributed by atoms with E-state index >= 15 is 0 Å². The van der Waals surface area contributed by atoms with E-state index in [0.29, 0.717) is 12.1 Å². The van der Waals surface area contributed by atoms with Crippen LogP contribution in [-0.4, -0.2) is 39.4 Å². The molecule has 0 bridgehead atoms. The first-order chi connectivity index (χ1) is 14.9. The number of benzene rings is 1. The summed E-state index contributed by atoms with van der Waals surface area (Å²) in [7, 11) is 0. The van der Waals surface area contributed by atoms with Gasteiger partial charge in [-0.3, -0.25) is 9.78 Å². The average molecular weight is 446 g/mol. The molecule has 0 radical (unpaired) electrons. The summed E-state index contributed by atoms with van der Waals surface area (Å²) in [6, 6.07) is 9.92. The molecule has 1 unspecified atom stereocenters. The van der Waals surface area contributed by atoms with Crippen LogP contribution in [-0.2, 0) is 4.79 Å². The second-order valence-corrected chi connectivity index (χ2v) is 7.72. The minimum atomic E-state index is -0.619. The molecule has 2 aromatic rings. The maximum Gasteiger partial charge on any atom is 0.230 e. The number of aliphatic imine (C=N–C) groups is 1. The zero-order valence-electron chi connectivity index (χ0n) is 18.9. The Morgan fingerprint density at radius 1 is 1.19 bits per heavy atom. The van der Waals surface area contributed by atoms with Crippen molar-refractivity contribution in [3.05, 3.63) is 65.7 Å². The zero-order chi connectivity index (χ0) is 23.3. The van der Waals surface area contributed by atoms with Crippen molar-refractivity contribution in [2.24, 2.45) is 4.99 Å². The number of halogens is 1. The molecule has 1 aromatic heterocycles. The van der Waals surface area contributed by atoms with Crippen molar-refractivity contribution in [1.82, 2.24) is 10.3 Å². The Morgan fingerprint density at radius 3 is 2.35 bits per heavy atom. The summed E-state index contributed by atoms with van der Waals surface area (Å²) in [4.78, 5) is 20.7. The second-order valence-electron chi connectivity index (χ2n) is 6.88. The molecule has 0 saturated heterocycles. The predicted octanol–water partition coefficient (Wildman–Crippen LogP) is 5.17. The molecule has 1 atom stereocenters. The van der Waals surface area contributed by atoms with E-state index in [0.717, 1.165) is 16.7 Å². The first-order valence-electron chi connectivity index (χ1n) is 10.3. The van der Waals surface area contributed by atoms with Gasteiger partial charge < -0.3 is 10.4 Å². The summed E-state index contributed by atoms with van der Waals surface area (Å²) in [5.41, 5.74) is 4.34. The van der Waals surface area contributed by atoms with Crippen LogP contribution in [0, 0.1) is 5.82 Å². The second kappa shape index (κ2) is 13.7. The number of thioether (sulfide) groups is 1. The highest BCUT2D eigenvalue weighted by Crippen LogP contribution is 2.27. The molecule has 0 spiro atoms. The van der Waals surface area contributed by atoms with Crippen LogP contribution in [0.15, 0.2) is 53.8 Å². The summed E-state index contributed by atoms with van der Waals surface area (Å²) in [5.74, 6) is -0.296. The number of hydrogen-bond donors (Lipinski definition) is 2. The smallest absolute Gasteiger partial charge is 0.230 e. The predicted molar refractivity (Wildman–Crippen MR) is 129 cm³/mol. The number of allylic oxidation sites excluding steroid dienone is 1. The van der Waals surface area contributed by atoms with Gasteiger partial charge in [0.1, 0.15) is 5.82 Å². The number of hydrogen-bond acceptors (Lipinski definition) is 5. The first-order valence-corrected chi connectivity index (χ1v) is 11.4. The van der Waals surface area contributed by atoms with Gasteiger partial charge in [-0.05, 0) is 67.8 Å². The average Bonchev–Trinajstić information content (AvgIpc) is 2.81. The fraction of sp³-hybridized carbons (Fsp3) is 0.375. The van der Waals surface area contributed by atoms with Crippen molar-refractivity contribution in [3.8, 4) is 0 Å².